The average Bonchev–Trinajstić information content (AvgIpc) is 2.44. The molecule has 2 unspecified atom stereocenters. The second kappa shape index (κ2) is 6.97. The van der Waals surface area contributed by atoms with Crippen molar-refractivity contribution in [2.75, 3.05) is 18.5 Å². The number of likely N-dealkylation sites (N-methyl/N-ethyl adjacent to an activating group) is 1. The van der Waals surface area contributed by atoms with Gasteiger partial charge in [-0.1, -0.05) is 31.9 Å². The maximum Gasteiger partial charge on any atom is 0.239 e. The number of benzene rings is 1. The van der Waals surface area contributed by atoms with Crippen molar-refractivity contribution < 1.29 is 4.79 Å². The number of aryl methyl sites for hydroxylation is 1. The molecule has 1 aromatic rings. The van der Waals surface area contributed by atoms with Gasteiger partial charge in [-0.15, -0.1) is 0 Å². The molecular formula is C18H28N2O. The first kappa shape index (κ1) is 15.9. The fourth-order valence-corrected chi connectivity index (χ4v) is 3.23. The molecule has 1 N–H and O–H groups in total. The number of nitrogens with one attached hydrogen (secondary N) is 1. The minimum absolute atomic E-state index is 0.136. The van der Waals surface area contributed by atoms with Gasteiger partial charge in [-0.3, -0.25) is 4.79 Å². The van der Waals surface area contributed by atoms with E-state index in [1.807, 2.05) is 11.9 Å². The Kier molecular flexibility index (Phi) is 5.27. The topological polar surface area (TPSA) is 32.3 Å². The van der Waals surface area contributed by atoms with Gasteiger partial charge in [-0.25, -0.2) is 0 Å². The van der Waals surface area contributed by atoms with Gasteiger partial charge in [0, 0.05) is 18.8 Å². The van der Waals surface area contributed by atoms with Crippen LogP contribution in [0.15, 0.2) is 18.2 Å². The first-order valence-corrected chi connectivity index (χ1v) is 8.05. The van der Waals surface area contributed by atoms with Crippen molar-refractivity contribution in [3.63, 3.8) is 0 Å². The third kappa shape index (κ3) is 3.99. The van der Waals surface area contributed by atoms with Crippen LogP contribution in [-0.4, -0.2) is 25.5 Å². The largest absolute Gasteiger partial charge is 0.365 e. The summed E-state index contributed by atoms with van der Waals surface area (Å²) in [6.45, 7) is 6.89. The van der Waals surface area contributed by atoms with Crippen LogP contribution in [0.4, 0.5) is 5.69 Å². The van der Waals surface area contributed by atoms with E-state index in [0.717, 1.165) is 12.1 Å². The Balaban J connectivity index is 1.94. The Morgan fingerprint density at radius 1 is 1.29 bits per heavy atom. The van der Waals surface area contributed by atoms with E-state index in [1.165, 1.54) is 30.4 Å². The normalized spacial score (nSPS) is 21.9. The van der Waals surface area contributed by atoms with E-state index in [2.05, 4.69) is 44.3 Å². The molecule has 0 aromatic heterocycles. The maximum atomic E-state index is 12.3. The molecular weight excluding hydrogens is 260 g/mol. The van der Waals surface area contributed by atoms with Gasteiger partial charge in [-0.05, 0) is 49.8 Å². The highest BCUT2D eigenvalue weighted by atomic mass is 16.2. The van der Waals surface area contributed by atoms with E-state index in [9.17, 15) is 4.79 Å². The SMILES string of the molecule is Cc1cccc(N(C)CC(=O)NC2CCCCC2C)c1C. The van der Waals surface area contributed by atoms with Crippen LogP contribution in [-0.2, 0) is 4.79 Å². The van der Waals surface area contributed by atoms with E-state index >= 15 is 0 Å². The predicted octanol–water partition coefficient (Wildman–Crippen LogP) is 3.43. The van der Waals surface area contributed by atoms with Crippen LogP contribution in [0.2, 0.25) is 0 Å². The molecule has 1 amide bonds. The molecule has 0 heterocycles. The summed E-state index contributed by atoms with van der Waals surface area (Å²) in [7, 11) is 1.99. The lowest BCUT2D eigenvalue weighted by molar-refractivity contribution is -0.121. The number of amides is 1. The summed E-state index contributed by atoms with van der Waals surface area (Å²) in [6.07, 6.45) is 4.90. The highest BCUT2D eigenvalue weighted by molar-refractivity contribution is 5.82. The van der Waals surface area contributed by atoms with Gasteiger partial charge in [0.15, 0.2) is 0 Å². The van der Waals surface area contributed by atoms with Crippen LogP contribution in [0.1, 0.15) is 43.7 Å². The first-order valence-electron chi connectivity index (χ1n) is 8.05. The molecule has 0 bridgehead atoms. The van der Waals surface area contributed by atoms with Crippen molar-refractivity contribution in [2.24, 2.45) is 5.92 Å². The quantitative estimate of drug-likeness (QED) is 0.920. The minimum Gasteiger partial charge on any atom is -0.365 e. The maximum absolute atomic E-state index is 12.3. The first-order chi connectivity index (χ1) is 9.99. The number of carbonyl (C=O) groups is 1. The number of carbonyl (C=O) groups excluding carboxylic acids is 1. The van der Waals surface area contributed by atoms with Crippen molar-refractivity contribution in [1.82, 2.24) is 5.32 Å². The number of hydrogen-bond acceptors (Lipinski definition) is 2. The zero-order chi connectivity index (χ0) is 15.4. The summed E-state index contributed by atoms with van der Waals surface area (Å²) < 4.78 is 0. The van der Waals surface area contributed by atoms with Crippen LogP contribution >= 0.6 is 0 Å². The van der Waals surface area contributed by atoms with Crippen molar-refractivity contribution in [2.45, 2.75) is 52.5 Å². The molecule has 1 saturated carbocycles. The van der Waals surface area contributed by atoms with Gasteiger partial charge in [0.2, 0.25) is 5.91 Å². The van der Waals surface area contributed by atoms with Crippen molar-refractivity contribution in [3.8, 4) is 0 Å². The van der Waals surface area contributed by atoms with Crippen LogP contribution in [0.25, 0.3) is 0 Å². The summed E-state index contributed by atoms with van der Waals surface area (Å²) in [5.74, 6) is 0.742. The number of rotatable bonds is 4. The standard InChI is InChI=1S/C18H28N2O/c1-13-9-7-11-17(15(13)3)20(4)12-18(21)19-16-10-6-5-8-14(16)2/h7,9,11,14,16H,5-6,8,10,12H2,1-4H3,(H,19,21). The smallest absolute Gasteiger partial charge is 0.239 e. The van der Waals surface area contributed by atoms with Crippen LogP contribution in [0.5, 0.6) is 0 Å². The molecule has 0 radical (unpaired) electrons. The van der Waals surface area contributed by atoms with E-state index in [4.69, 9.17) is 0 Å². The second-order valence-electron chi connectivity index (χ2n) is 6.51. The highest BCUT2D eigenvalue weighted by Gasteiger charge is 2.23. The molecule has 1 fully saturated rings. The van der Waals surface area contributed by atoms with Gasteiger partial charge in [0.25, 0.3) is 0 Å². The second-order valence-corrected chi connectivity index (χ2v) is 6.51. The van der Waals surface area contributed by atoms with Crippen LogP contribution in [0, 0.1) is 19.8 Å². The monoisotopic (exact) mass is 288 g/mol. The van der Waals surface area contributed by atoms with Crippen molar-refractivity contribution in [3.05, 3.63) is 29.3 Å². The molecule has 3 heteroatoms. The molecule has 2 atom stereocenters. The van der Waals surface area contributed by atoms with Gasteiger partial charge in [-0.2, -0.15) is 0 Å². The fourth-order valence-electron chi connectivity index (χ4n) is 3.23. The predicted molar refractivity (Wildman–Crippen MR) is 88.7 cm³/mol. The number of hydrogen-bond donors (Lipinski definition) is 1. The van der Waals surface area contributed by atoms with Gasteiger partial charge in [0.1, 0.15) is 0 Å². The van der Waals surface area contributed by atoms with Gasteiger partial charge >= 0.3 is 0 Å². The fraction of sp³-hybridized carbons (Fsp3) is 0.611. The lowest BCUT2D eigenvalue weighted by Gasteiger charge is -2.30. The summed E-state index contributed by atoms with van der Waals surface area (Å²) in [5, 5.41) is 3.22. The molecule has 1 aromatic carbocycles. The Morgan fingerprint density at radius 3 is 2.71 bits per heavy atom. The zero-order valence-corrected chi connectivity index (χ0v) is 13.8. The third-order valence-corrected chi connectivity index (χ3v) is 4.83. The molecule has 116 valence electrons. The molecule has 21 heavy (non-hydrogen) atoms. The molecule has 0 spiro atoms. The molecule has 3 nitrogen and oxygen atoms in total. The molecule has 2 rings (SSSR count). The Labute approximate surface area is 128 Å². The summed E-state index contributed by atoms with van der Waals surface area (Å²) in [6, 6.07) is 6.60. The zero-order valence-electron chi connectivity index (χ0n) is 13.8. The Morgan fingerprint density at radius 2 is 2.00 bits per heavy atom. The molecule has 1 aliphatic rings. The van der Waals surface area contributed by atoms with E-state index in [0.29, 0.717) is 18.5 Å². The Bertz CT molecular complexity index is 498. The van der Waals surface area contributed by atoms with Crippen molar-refractivity contribution in [1.29, 1.82) is 0 Å². The lowest BCUT2D eigenvalue weighted by atomic mass is 9.86. The summed E-state index contributed by atoms with van der Waals surface area (Å²) in [4.78, 5) is 14.3. The molecule has 0 aliphatic heterocycles. The average molecular weight is 288 g/mol. The lowest BCUT2D eigenvalue weighted by Crippen LogP contribution is -2.45. The van der Waals surface area contributed by atoms with E-state index in [1.54, 1.807) is 0 Å². The third-order valence-electron chi connectivity index (χ3n) is 4.83. The summed E-state index contributed by atoms with van der Waals surface area (Å²) in [5.41, 5.74) is 3.65. The van der Waals surface area contributed by atoms with E-state index in [-0.39, 0.29) is 5.91 Å². The van der Waals surface area contributed by atoms with Crippen LogP contribution in [0.3, 0.4) is 0 Å². The summed E-state index contributed by atoms with van der Waals surface area (Å²) >= 11 is 0. The molecule has 0 saturated heterocycles. The number of nitrogens with zero attached hydrogens (tertiary/aromatic N) is 1. The minimum atomic E-state index is 0.136. The highest BCUT2D eigenvalue weighted by Crippen LogP contribution is 2.24. The van der Waals surface area contributed by atoms with Crippen LogP contribution < -0.4 is 10.2 Å². The van der Waals surface area contributed by atoms with Gasteiger partial charge < -0.3 is 10.2 Å². The van der Waals surface area contributed by atoms with E-state index < -0.39 is 0 Å². The molecule has 1 aliphatic carbocycles. The Hall–Kier alpha value is -1.51. The number of anilines is 1. The van der Waals surface area contributed by atoms with Crippen molar-refractivity contribution >= 4 is 11.6 Å². The van der Waals surface area contributed by atoms with Gasteiger partial charge in [0.05, 0.1) is 6.54 Å².